The van der Waals surface area contributed by atoms with Crippen molar-refractivity contribution in [3.05, 3.63) is 42.2 Å². The van der Waals surface area contributed by atoms with Crippen molar-refractivity contribution in [1.29, 1.82) is 0 Å². The Labute approximate surface area is 154 Å². The topological polar surface area (TPSA) is 61.8 Å². The second kappa shape index (κ2) is 7.59. The molecule has 1 atom stereocenters. The van der Waals surface area contributed by atoms with Crippen LogP contribution in [0.4, 0.5) is 10.6 Å². The lowest BCUT2D eigenvalue weighted by atomic mass is 10.2. The number of benzene rings is 1. The van der Waals surface area contributed by atoms with Crippen LogP contribution in [0.5, 0.6) is 11.6 Å². The van der Waals surface area contributed by atoms with Gasteiger partial charge in [-0.1, -0.05) is 18.2 Å². The minimum atomic E-state index is 0.0448. The van der Waals surface area contributed by atoms with Gasteiger partial charge in [0.05, 0.1) is 0 Å². The highest BCUT2D eigenvalue weighted by Gasteiger charge is 2.29. The molecule has 0 saturated carbocycles. The minimum absolute atomic E-state index is 0.0448. The molecule has 1 aromatic heterocycles. The second-order valence-electron chi connectivity index (χ2n) is 6.75. The fraction of sp³-hybridized carbons (Fsp3) is 0.421. The van der Waals surface area contributed by atoms with Gasteiger partial charge in [-0.2, -0.15) is 0 Å². The van der Waals surface area contributed by atoms with E-state index >= 15 is 0 Å². The summed E-state index contributed by atoms with van der Waals surface area (Å²) in [6.45, 7) is 6.17. The molecule has 26 heavy (non-hydrogen) atoms. The number of para-hydroxylation sites is 1. The number of anilines is 1. The first-order valence-electron chi connectivity index (χ1n) is 8.74. The maximum absolute atomic E-state index is 12.2. The number of carbonyl (C=O) groups excluding carboxylic acids is 1. The molecule has 0 bridgehead atoms. The molecule has 7 heteroatoms. The van der Waals surface area contributed by atoms with Gasteiger partial charge < -0.3 is 19.4 Å². The quantitative estimate of drug-likeness (QED) is 0.847. The number of aryl methyl sites for hydroxylation is 1. The summed E-state index contributed by atoms with van der Waals surface area (Å²) >= 11 is 0. The van der Waals surface area contributed by atoms with Crippen molar-refractivity contribution in [3.8, 4) is 11.6 Å². The van der Waals surface area contributed by atoms with E-state index in [-0.39, 0.29) is 12.1 Å². The summed E-state index contributed by atoms with van der Waals surface area (Å²) in [5.41, 5.74) is 1.05. The number of carbonyl (C=O) groups is 1. The molecule has 0 aliphatic carbocycles. The first kappa shape index (κ1) is 18.0. The molecule has 2 heterocycles. The molecular weight excluding hydrogens is 330 g/mol. The molecule has 0 radical (unpaired) electrons. The molecular formula is C19H25N5O2. The van der Waals surface area contributed by atoms with Crippen molar-refractivity contribution in [3.63, 3.8) is 0 Å². The number of rotatable bonds is 3. The molecule has 1 unspecified atom stereocenters. The Kier molecular flexibility index (Phi) is 5.25. The van der Waals surface area contributed by atoms with Gasteiger partial charge in [-0.15, -0.1) is 0 Å². The highest BCUT2D eigenvalue weighted by Crippen LogP contribution is 2.26. The summed E-state index contributed by atoms with van der Waals surface area (Å²) in [5.74, 6) is 2.11. The standard InChI is InChI=1S/C19H25N5O2/c1-14-7-5-6-8-16(14)26-18-11-17(20-13-21-18)23-9-10-24(15(2)12-23)19(25)22(3)4/h5-8,11,13,15H,9-10,12H2,1-4H3. The van der Waals surface area contributed by atoms with Crippen LogP contribution in [-0.4, -0.2) is 65.6 Å². The maximum atomic E-state index is 12.2. The van der Waals surface area contributed by atoms with Gasteiger partial charge in [-0.05, 0) is 25.5 Å². The molecule has 1 fully saturated rings. The van der Waals surface area contributed by atoms with E-state index in [1.807, 2.05) is 42.2 Å². The average molecular weight is 355 g/mol. The Morgan fingerprint density at radius 1 is 1.23 bits per heavy atom. The van der Waals surface area contributed by atoms with Crippen LogP contribution in [0.1, 0.15) is 12.5 Å². The normalized spacial score (nSPS) is 17.2. The van der Waals surface area contributed by atoms with Gasteiger partial charge >= 0.3 is 6.03 Å². The number of hydrogen-bond donors (Lipinski definition) is 0. The van der Waals surface area contributed by atoms with Crippen molar-refractivity contribution in [2.45, 2.75) is 19.9 Å². The third kappa shape index (κ3) is 3.87. The predicted molar refractivity (Wildman–Crippen MR) is 101 cm³/mol. The number of nitrogens with zero attached hydrogens (tertiary/aromatic N) is 5. The highest BCUT2D eigenvalue weighted by molar-refractivity contribution is 5.74. The van der Waals surface area contributed by atoms with Crippen LogP contribution in [0.25, 0.3) is 0 Å². The van der Waals surface area contributed by atoms with Crippen LogP contribution < -0.4 is 9.64 Å². The van der Waals surface area contributed by atoms with Crippen LogP contribution in [0, 0.1) is 6.92 Å². The van der Waals surface area contributed by atoms with Crippen molar-refractivity contribution in [2.75, 3.05) is 38.6 Å². The molecule has 0 spiro atoms. The molecule has 1 aliphatic heterocycles. The zero-order chi connectivity index (χ0) is 18.7. The number of urea groups is 1. The van der Waals surface area contributed by atoms with E-state index in [1.54, 1.807) is 19.0 Å². The summed E-state index contributed by atoms with van der Waals surface area (Å²) in [6.07, 6.45) is 1.52. The first-order valence-corrected chi connectivity index (χ1v) is 8.74. The Morgan fingerprint density at radius 2 is 2.00 bits per heavy atom. The van der Waals surface area contributed by atoms with Crippen molar-refractivity contribution < 1.29 is 9.53 Å². The monoisotopic (exact) mass is 355 g/mol. The van der Waals surface area contributed by atoms with Gasteiger partial charge in [-0.3, -0.25) is 0 Å². The molecule has 7 nitrogen and oxygen atoms in total. The van der Waals surface area contributed by atoms with Crippen molar-refractivity contribution >= 4 is 11.8 Å². The van der Waals surface area contributed by atoms with Crippen LogP contribution in [0.3, 0.4) is 0 Å². The van der Waals surface area contributed by atoms with E-state index in [1.165, 1.54) is 6.33 Å². The Hall–Kier alpha value is -2.83. The predicted octanol–water partition coefficient (Wildman–Crippen LogP) is 2.77. The lowest BCUT2D eigenvalue weighted by molar-refractivity contribution is 0.146. The molecule has 2 aromatic rings. The molecule has 1 aromatic carbocycles. The average Bonchev–Trinajstić information content (AvgIpc) is 2.63. The molecule has 1 saturated heterocycles. The zero-order valence-electron chi connectivity index (χ0n) is 15.7. The fourth-order valence-electron chi connectivity index (χ4n) is 3.05. The van der Waals surface area contributed by atoms with E-state index in [2.05, 4.69) is 21.8 Å². The first-order chi connectivity index (χ1) is 12.5. The largest absolute Gasteiger partial charge is 0.439 e. The number of aromatic nitrogens is 2. The molecule has 2 amide bonds. The van der Waals surface area contributed by atoms with Crippen molar-refractivity contribution in [1.82, 2.24) is 19.8 Å². The lowest BCUT2D eigenvalue weighted by Crippen LogP contribution is -2.56. The highest BCUT2D eigenvalue weighted by atomic mass is 16.5. The van der Waals surface area contributed by atoms with E-state index in [0.29, 0.717) is 12.4 Å². The van der Waals surface area contributed by atoms with Gasteiger partial charge in [-0.25, -0.2) is 14.8 Å². The number of hydrogen-bond acceptors (Lipinski definition) is 5. The fourth-order valence-corrected chi connectivity index (χ4v) is 3.05. The SMILES string of the molecule is Cc1ccccc1Oc1cc(N2CCN(C(=O)N(C)C)C(C)C2)ncn1. The molecule has 138 valence electrons. The summed E-state index contributed by atoms with van der Waals surface area (Å²) in [4.78, 5) is 26.5. The van der Waals surface area contributed by atoms with Crippen molar-refractivity contribution in [2.24, 2.45) is 0 Å². The van der Waals surface area contributed by atoms with Gasteiger partial charge in [0.2, 0.25) is 5.88 Å². The summed E-state index contributed by atoms with van der Waals surface area (Å²) in [7, 11) is 3.56. The smallest absolute Gasteiger partial charge is 0.319 e. The third-order valence-electron chi connectivity index (χ3n) is 4.52. The summed E-state index contributed by atoms with van der Waals surface area (Å²) in [5, 5.41) is 0. The summed E-state index contributed by atoms with van der Waals surface area (Å²) in [6, 6.07) is 9.84. The van der Waals surface area contributed by atoms with Crippen LogP contribution in [-0.2, 0) is 0 Å². The zero-order valence-corrected chi connectivity index (χ0v) is 15.7. The van der Waals surface area contributed by atoms with E-state index < -0.39 is 0 Å². The Balaban J connectivity index is 1.71. The minimum Gasteiger partial charge on any atom is -0.439 e. The van der Waals surface area contributed by atoms with Gasteiger partial charge in [0.25, 0.3) is 0 Å². The maximum Gasteiger partial charge on any atom is 0.319 e. The number of ether oxygens (including phenoxy) is 1. The Morgan fingerprint density at radius 3 is 2.69 bits per heavy atom. The van der Waals surface area contributed by atoms with Gasteiger partial charge in [0, 0.05) is 45.8 Å². The molecule has 3 rings (SSSR count). The van der Waals surface area contributed by atoms with Gasteiger partial charge in [0.1, 0.15) is 17.9 Å². The van der Waals surface area contributed by atoms with Crippen LogP contribution in [0.2, 0.25) is 0 Å². The van der Waals surface area contributed by atoms with E-state index in [0.717, 1.165) is 30.2 Å². The Bertz CT molecular complexity index is 780. The third-order valence-corrected chi connectivity index (χ3v) is 4.52. The number of piperazine rings is 1. The van der Waals surface area contributed by atoms with E-state index in [4.69, 9.17) is 4.74 Å². The molecule has 0 N–H and O–H groups in total. The second-order valence-corrected chi connectivity index (χ2v) is 6.75. The van der Waals surface area contributed by atoms with Crippen LogP contribution >= 0.6 is 0 Å². The number of amides is 2. The van der Waals surface area contributed by atoms with E-state index in [9.17, 15) is 4.79 Å². The molecule has 1 aliphatic rings. The van der Waals surface area contributed by atoms with Gasteiger partial charge in [0.15, 0.2) is 0 Å². The van der Waals surface area contributed by atoms with Crippen LogP contribution in [0.15, 0.2) is 36.7 Å². The summed E-state index contributed by atoms with van der Waals surface area (Å²) < 4.78 is 5.91. The lowest BCUT2D eigenvalue weighted by Gasteiger charge is -2.41.